The number of rotatable bonds is 39. The highest BCUT2D eigenvalue weighted by atomic mass is 16.8. The summed E-state index contributed by atoms with van der Waals surface area (Å²) in [6, 6.07) is 58.8. The van der Waals surface area contributed by atoms with E-state index < -0.39 is 108 Å². The maximum Gasteiger partial charge on any atom is 0.164 e. The van der Waals surface area contributed by atoms with Crippen molar-refractivity contribution in [1.29, 1.82) is 0 Å². The zero-order valence-corrected chi connectivity index (χ0v) is 81.6. The molecular formula is C107H140O25. The summed E-state index contributed by atoms with van der Waals surface area (Å²) >= 11 is 0. The Hall–Kier alpha value is -9.32. The van der Waals surface area contributed by atoms with Gasteiger partial charge in [0.2, 0.25) is 0 Å². The molecule has 0 amide bonds. The number of hydrogen-bond donors (Lipinski definition) is 0. The van der Waals surface area contributed by atoms with Crippen LogP contribution < -0.4 is 61.6 Å². The highest BCUT2D eigenvalue weighted by Gasteiger charge is 2.49. The molecule has 0 saturated carbocycles. The lowest BCUT2D eigenvalue weighted by Gasteiger charge is -2.22. The molecule has 6 heterocycles. The van der Waals surface area contributed by atoms with Gasteiger partial charge in [-0.05, 0) is 181 Å². The smallest absolute Gasteiger partial charge is 0.164 e. The molecule has 8 aromatic carbocycles. The molecular weight excluding hydrogens is 1690 g/mol. The van der Waals surface area contributed by atoms with Crippen LogP contribution in [0, 0.1) is 0 Å². The number of hydrogen-bond acceptors (Lipinski definition) is 25. The molecule has 25 nitrogen and oxygen atoms in total. The van der Waals surface area contributed by atoms with Crippen LogP contribution in [0.1, 0.15) is 194 Å². The highest BCUT2D eigenvalue weighted by Crippen LogP contribution is 2.42. The lowest BCUT2D eigenvalue weighted by atomic mass is 9.87. The second kappa shape index (κ2) is 40.7. The molecule has 0 N–H and O–H groups in total. The molecule has 8 aromatic rings. The van der Waals surface area contributed by atoms with E-state index in [0.717, 1.165) is 28.6 Å². The molecule has 14 rings (SSSR count). The third kappa shape index (κ3) is 28.2. The number of benzene rings is 8. The summed E-state index contributed by atoms with van der Waals surface area (Å²) in [6.45, 7) is 50.5. The average Bonchev–Trinajstić information content (AvgIpc) is 1.70. The molecule has 6 aliphatic heterocycles. The van der Waals surface area contributed by atoms with Crippen LogP contribution in [0.25, 0.3) is 0 Å². The molecule has 0 bridgehead atoms. The molecule has 0 radical (unpaired) electrons. The first-order chi connectivity index (χ1) is 62.1. The van der Waals surface area contributed by atoms with E-state index >= 15 is 0 Å². The van der Waals surface area contributed by atoms with Gasteiger partial charge in [-0.25, -0.2) is 0 Å². The summed E-state index contributed by atoms with van der Waals surface area (Å²) in [7, 11) is 0. The van der Waals surface area contributed by atoms with Crippen LogP contribution in [0.5, 0.6) is 74.7 Å². The SMILES string of the molecule is CC1(C)O[C@@H](COc2ccc(C(C)(C)C)cc2)[C@H](COc2cc(OC[C@@H]3OC(C)(C)O[C@H]3COc3ccc(C(C)(C)C)cc3)cc(OC[C@H]3OC(C)(C)O[C@@H]3COc3cc(OCc4ccccc4)cc(OC[C@H]4OC(C)(C)O[C@@H]4COc4cc(OC[C@@H]5OC(C)(C)O[C@H]5COc5ccc(C(C)(C)C)cc5)cc(OC[C@@H]5OC(C)(C)O[C@H]5COc5ccc(C(C)(C)C)cc5)c4)c3)c2)O1. The van der Waals surface area contributed by atoms with E-state index in [4.69, 9.17) is 118 Å². The van der Waals surface area contributed by atoms with Gasteiger partial charge in [-0.15, -0.1) is 0 Å². The zero-order valence-electron chi connectivity index (χ0n) is 81.6. The van der Waals surface area contributed by atoms with Gasteiger partial charge < -0.3 is 118 Å². The standard InChI is InChI=1S/C107H140O25/c1-98(2,3)69-30-38-73(39-31-69)109-56-86-90(125-102(13,14)121-86)60-115-80-49-81(116-61-91-87(122-103(15,16)126-91)57-110-74-40-32-70(33-41-74)99(4,5)6)52-84(51-80)119-66-96-94(129-106(21,22)131-96)64-113-78-46-77(108-55-68-28-26-25-27-29-68)47-79(48-78)114-65-95-97(132-107(23,24)130-95)67-120-85-53-82(117-62-92-88(123-104(17,18)127-92)58-111-75-42-34-71(35-43-75)100(7,8)9)50-83(54-85)118-63-93-89(124-105(19,20)128-93)59-112-76-44-36-72(37-45-76)101(10,11)12/h25-54,86-97H,55-67H2,1-24H3/t86-,87-,88-,89-,90-,91-,92-,93-,94+,95+,96+,97+/m0/s1. The Labute approximate surface area is 780 Å². The van der Waals surface area contributed by atoms with Crippen molar-refractivity contribution < 1.29 is 118 Å². The molecule has 0 spiro atoms. The monoisotopic (exact) mass is 1820 g/mol. The van der Waals surface area contributed by atoms with Gasteiger partial charge in [0.1, 0.15) is 234 Å². The summed E-state index contributed by atoms with van der Waals surface area (Å²) in [6.07, 6.45) is -6.49. The van der Waals surface area contributed by atoms with Gasteiger partial charge >= 0.3 is 0 Å². The highest BCUT2D eigenvalue weighted by molar-refractivity contribution is 5.45. The van der Waals surface area contributed by atoms with Gasteiger partial charge in [0.15, 0.2) is 34.7 Å². The van der Waals surface area contributed by atoms with Crippen LogP contribution in [-0.4, -0.2) is 187 Å². The third-order valence-corrected chi connectivity index (χ3v) is 23.4. The predicted octanol–water partition coefficient (Wildman–Crippen LogP) is 20.3. The van der Waals surface area contributed by atoms with Crippen LogP contribution in [0.2, 0.25) is 0 Å². The van der Waals surface area contributed by atoms with E-state index in [9.17, 15) is 0 Å². The topological polar surface area (TPSA) is 231 Å². The van der Waals surface area contributed by atoms with Crippen LogP contribution >= 0.6 is 0 Å². The summed E-state index contributed by atoms with van der Waals surface area (Å²) in [4.78, 5) is 0. The van der Waals surface area contributed by atoms with Crippen molar-refractivity contribution in [3.63, 3.8) is 0 Å². The van der Waals surface area contributed by atoms with E-state index in [-0.39, 0.29) is 108 Å². The van der Waals surface area contributed by atoms with Gasteiger partial charge in [0.05, 0.1) is 0 Å². The molecule has 6 fully saturated rings. The van der Waals surface area contributed by atoms with Crippen molar-refractivity contribution in [2.24, 2.45) is 0 Å². The molecule has 0 aromatic heterocycles. The van der Waals surface area contributed by atoms with Crippen molar-refractivity contribution in [3.8, 4) is 74.7 Å². The fourth-order valence-corrected chi connectivity index (χ4v) is 16.6. The van der Waals surface area contributed by atoms with Crippen LogP contribution in [0.15, 0.2) is 182 Å². The van der Waals surface area contributed by atoms with Gasteiger partial charge in [-0.1, -0.05) is 162 Å². The Morgan fingerprint density at radius 3 is 0.462 bits per heavy atom. The molecule has 0 aliphatic carbocycles. The Balaban J connectivity index is 0.660. The first kappa shape index (κ1) is 98.7. The maximum atomic E-state index is 6.75. The zero-order chi connectivity index (χ0) is 94.4. The Morgan fingerprint density at radius 1 is 0.182 bits per heavy atom. The minimum absolute atomic E-state index is 0.00693. The van der Waals surface area contributed by atoms with Gasteiger partial charge in [-0.3, -0.25) is 0 Å². The second-order valence-electron chi connectivity index (χ2n) is 41.8. The van der Waals surface area contributed by atoms with Crippen LogP contribution in [-0.2, 0) is 85.1 Å². The van der Waals surface area contributed by atoms with Crippen LogP contribution in [0.3, 0.4) is 0 Å². The van der Waals surface area contributed by atoms with Gasteiger partial charge in [0, 0.05) is 54.6 Å². The summed E-state index contributed by atoms with van der Waals surface area (Å²) in [5.41, 5.74) is 5.76. The minimum Gasteiger partial charge on any atom is -0.491 e. The molecule has 25 heteroatoms. The third-order valence-electron chi connectivity index (χ3n) is 23.4. The van der Waals surface area contributed by atoms with Crippen LogP contribution in [0.4, 0.5) is 0 Å². The fourth-order valence-electron chi connectivity index (χ4n) is 16.6. The largest absolute Gasteiger partial charge is 0.491 e. The number of ether oxygens (including phenoxy) is 25. The normalized spacial score (nSPS) is 24.6. The molecule has 718 valence electrons. The molecule has 0 unspecified atom stereocenters. The Morgan fingerprint density at radius 2 is 0.318 bits per heavy atom. The van der Waals surface area contributed by atoms with Gasteiger partial charge in [0.25, 0.3) is 0 Å². The van der Waals surface area contributed by atoms with E-state index in [2.05, 4.69) is 132 Å². The maximum absolute atomic E-state index is 6.75. The molecule has 6 saturated heterocycles. The van der Waals surface area contributed by atoms with Crippen molar-refractivity contribution >= 4 is 0 Å². The van der Waals surface area contributed by atoms with E-state index in [1.165, 1.54) is 22.3 Å². The van der Waals surface area contributed by atoms with E-state index in [1.807, 2.05) is 210 Å². The quantitative estimate of drug-likeness (QED) is 0.0348. The first-order valence-electron chi connectivity index (χ1n) is 46.3. The van der Waals surface area contributed by atoms with E-state index in [1.54, 1.807) is 6.07 Å². The Kier molecular flexibility index (Phi) is 30.4. The predicted molar refractivity (Wildman–Crippen MR) is 500 cm³/mol. The summed E-state index contributed by atoms with van der Waals surface area (Å²) in [5, 5.41) is 0. The average molecular weight is 1830 g/mol. The Bertz CT molecular complexity index is 4510. The lowest BCUT2D eigenvalue weighted by molar-refractivity contribution is -0.150. The summed E-state index contributed by atoms with van der Waals surface area (Å²) in [5.74, 6) is 1.22. The minimum atomic E-state index is -1.03. The van der Waals surface area contributed by atoms with Crippen molar-refractivity contribution in [3.05, 3.63) is 210 Å². The van der Waals surface area contributed by atoms with E-state index in [0.29, 0.717) is 51.7 Å². The van der Waals surface area contributed by atoms with Crippen molar-refractivity contribution in [2.45, 2.75) is 302 Å². The second-order valence-corrected chi connectivity index (χ2v) is 41.8. The fraction of sp³-hybridized carbons (Fsp3) is 0.551. The lowest BCUT2D eigenvalue weighted by Crippen LogP contribution is -2.34. The summed E-state index contributed by atoms with van der Waals surface area (Å²) < 4.78 is 164. The first-order valence-corrected chi connectivity index (χ1v) is 46.3. The molecule has 6 aliphatic rings. The van der Waals surface area contributed by atoms with Gasteiger partial charge in [-0.2, -0.15) is 0 Å². The molecule has 12 atom stereocenters. The van der Waals surface area contributed by atoms with Crippen molar-refractivity contribution in [2.75, 3.05) is 79.3 Å². The molecule has 132 heavy (non-hydrogen) atoms. The van der Waals surface area contributed by atoms with Crippen molar-refractivity contribution in [1.82, 2.24) is 0 Å².